The van der Waals surface area contributed by atoms with Gasteiger partial charge in [0, 0.05) is 31.2 Å². The molecule has 2 amide bonds. The summed E-state index contributed by atoms with van der Waals surface area (Å²) in [6.07, 6.45) is 3.97. The van der Waals surface area contributed by atoms with Crippen molar-refractivity contribution in [1.29, 1.82) is 0 Å². The molecule has 0 aliphatic carbocycles. The second-order valence-electron chi connectivity index (χ2n) is 6.79. The molecule has 3 rings (SSSR count). The number of hydrogen-bond donors (Lipinski definition) is 3. The van der Waals surface area contributed by atoms with Gasteiger partial charge >= 0.3 is 0 Å². The van der Waals surface area contributed by atoms with Crippen LogP contribution in [0.3, 0.4) is 0 Å². The first-order valence-electron chi connectivity index (χ1n) is 9.19. The zero-order chi connectivity index (χ0) is 17.5. The standard InChI is InChI=1S/C19H27N3O3.ClH/c23-18(15-6-8-20-9-7-15)21-12-14-3-1-4-16(11-14)19(24)22-13-17-5-2-10-25-17;/h1,3-4,11,15,17,20H,2,5-10,12-13H2,(H,21,23)(H,22,24);1H. The third-order valence-electron chi connectivity index (χ3n) is 4.88. The zero-order valence-corrected chi connectivity index (χ0v) is 15.8. The summed E-state index contributed by atoms with van der Waals surface area (Å²) in [4.78, 5) is 24.5. The Kier molecular flexibility index (Phi) is 8.35. The van der Waals surface area contributed by atoms with Crippen LogP contribution >= 0.6 is 12.4 Å². The van der Waals surface area contributed by atoms with Crippen molar-refractivity contribution in [2.24, 2.45) is 5.92 Å². The van der Waals surface area contributed by atoms with Gasteiger partial charge in [0.25, 0.3) is 5.91 Å². The first-order chi connectivity index (χ1) is 12.2. The summed E-state index contributed by atoms with van der Waals surface area (Å²) in [6.45, 7) is 3.59. The Morgan fingerprint density at radius 2 is 1.96 bits per heavy atom. The number of ether oxygens (including phenoxy) is 1. The van der Waals surface area contributed by atoms with Gasteiger partial charge in [0.2, 0.25) is 5.91 Å². The van der Waals surface area contributed by atoms with Crippen molar-refractivity contribution in [2.75, 3.05) is 26.2 Å². The van der Waals surface area contributed by atoms with Gasteiger partial charge in [-0.3, -0.25) is 9.59 Å². The summed E-state index contributed by atoms with van der Waals surface area (Å²) < 4.78 is 5.52. The molecule has 6 nitrogen and oxygen atoms in total. The van der Waals surface area contributed by atoms with E-state index >= 15 is 0 Å². The average molecular weight is 382 g/mol. The molecule has 1 atom stereocenters. The highest BCUT2D eigenvalue weighted by molar-refractivity contribution is 5.94. The predicted molar refractivity (Wildman–Crippen MR) is 102 cm³/mol. The predicted octanol–water partition coefficient (Wildman–Crippen LogP) is 1.63. The van der Waals surface area contributed by atoms with Crippen molar-refractivity contribution in [3.63, 3.8) is 0 Å². The molecular weight excluding hydrogens is 354 g/mol. The number of piperidine rings is 1. The van der Waals surface area contributed by atoms with Gasteiger partial charge in [0.05, 0.1) is 6.10 Å². The molecule has 0 bridgehead atoms. The van der Waals surface area contributed by atoms with E-state index in [0.717, 1.165) is 50.9 Å². The van der Waals surface area contributed by atoms with Crippen molar-refractivity contribution in [3.05, 3.63) is 35.4 Å². The summed E-state index contributed by atoms with van der Waals surface area (Å²) in [5.74, 6) is 0.107. The van der Waals surface area contributed by atoms with Crippen molar-refractivity contribution >= 4 is 24.2 Å². The van der Waals surface area contributed by atoms with E-state index in [2.05, 4.69) is 16.0 Å². The topological polar surface area (TPSA) is 79.5 Å². The molecule has 0 spiro atoms. The van der Waals surface area contributed by atoms with E-state index in [-0.39, 0.29) is 36.2 Å². The van der Waals surface area contributed by atoms with E-state index < -0.39 is 0 Å². The van der Waals surface area contributed by atoms with E-state index in [1.54, 1.807) is 6.07 Å². The Hall–Kier alpha value is -1.63. The molecule has 2 aliphatic rings. The number of halogens is 1. The zero-order valence-electron chi connectivity index (χ0n) is 15.0. The minimum atomic E-state index is -0.0953. The molecule has 1 unspecified atom stereocenters. The molecule has 2 heterocycles. The minimum Gasteiger partial charge on any atom is -0.376 e. The van der Waals surface area contributed by atoms with Crippen LogP contribution in [0, 0.1) is 5.92 Å². The molecule has 3 N–H and O–H groups in total. The average Bonchev–Trinajstić information content (AvgIpc) is 3.19. The van der Waals surface area contributed by atoms with Crippen molar-refractivity contribution in [2.45, 2.75) is 38.3 Å². The summed E-state index contributed by atoms with van der Waals surface area (Å²) in [5.41, 5.74) is 1.55. The maximum absolute atomic E-state index is 12.3. The van der Waals surface area contributed by atoms with Crippen molar-refractivity contribution in [1.82, 2.24) is 16.0 Å². The lowest BCUT2D eigenvalue weighted by Crippen LogP contribution is -2.37. The van der Waals surface area contributed by atoms with E-state index in [4.69, 9.17) is 4.74 Å². The van der Waals surface area contributed by atoms with Gasteiger partial charge in [0.1, 0.15) is 0 Å². The first kappa shape index (κ1) is 20.7. The second-order valence-corrected chi connectivity index (χ2v) is 6.79. The summed E-state index contributed by atoms with van der Waals surface area (Å²) in [6, 6.07) is 7.42. The molecule has 2 saturated heterocycles. The van der Waals surface area contributed by atoms with E-state index in [1.165, 1.54) is 0 Å². The Morgan fingerprint density at radius 3 is 2.69 bits per heavy atom. The summed E-state index contributed by atoms with van der Waals surface area (Å²) >= 11 is 0. The molecule has 26 heavy (non-hydrogen) atoms. The first-order valence-corrected chi connectivity index (χ1v) is 9.19. The molecule has 1 aromatic rings. The van der Waals surface area contributed by atoms with E-state index in [9.17, 15) is 9.59 Å². The monoisotopic (exact) mass is 381 g/mol. The van der Waals surface area contributed by atoms with Gasteiger partial charge in [-0.1, -0.05) is 12.1 Å². The maximum Gasteiger partial charge on any atom is 0.251 e. The van der Waals surface area contributed by atoms with Crippen LogP contribution in [0.4, 0.5) is 0 Å². The molecule has 0 saturated carbocycles. The highest BCUT2D eigenvalue weighted by Gasteiger charge is 2.20. The van der Waals surface area contributed by atoms with Crippen LogP contribution < -0.4 is 16.0 Å². The third-order valence-corrected chi connectivity index (χ3v) is 4.88. The fraction of sp³-hybridized carbons (Fsp3) is 0.579. The molecule has 0 radical (unpaired) electrons. The lowest BCUT2D eigenvalue weighted by atomic mass is 9.97. The molecule has 1 aromatic carbocycles. The normalized spacial score (nSPS) is 20.2. The SMILES string of the molecule is Cl.O=C(NCC1CCCO1)c1cccc(CNC(=O)C2CCNCC2)c1. The molecule has 2 aliphatic heterocycles. The second kappa shape index (κ2) is 10.5. The van der Waals surface area contributed by atoms with Crippen LogP contribution in [0.1, 0.15) is 41.6 Å². The smallest absolute Gasteiger partial charge is 0.251 e. The fourth-order valence-corrected chi connectivity index (χ4v) is 3.35. The lowest BCUT2D eigenvalue weighted by molar-refractivity contribution is -0.125. The summed E-state index contributed by atoms with van der Waals surface area (Å²) in [7, 11) is 0. The Morgan fingerprint density at radius 1 is 1.15 bits per heavy atom. The largest absolute Gasteiger partial charge is 0.376 e. The van der Waals surface area contributed by atoms with Crippen LogP contribution in [-0.2, 0) is 16.1 Å². The minimum absolute atomic E-state index is 0. The van der Waals surface area contributed by atoms with Crippen LogP contribution in [0.25, 0.3) is 0 Å². The molecule has 7 heteroatoms. The van der Waals surface area contributed by atoms with Crippen molar-refractivity contribution in [3.8, 4) is 0 Å². The van der Waals surface area contributed by atoms with Gasteiger partial charge in [-0.05, 0) is 56.5 Å². The third kappa shape index (κ3) is 5.97. The molecule has 144 valence electrons. The highest BCUT2D eigenvalue weighted by atomic mass is 35.5. The number of amides is 2. The van der Waals surface area contributed by atoms with Gasteiger partial charge in [-0.15, -0.1) is 12.4 Å². The number of benzene rings is 1. The number of hydrogen-bond acceptors (Lipinski definition) is 4. The fourth-order valence-electron chi connectivity index (χ4n) is 3.35. The highest BCUT2D eigenvalue weighted by Crippen LogP contribution is 2.13. The van der Waals surface area contributed by atoms with Crippen molar-refractivity contribution < 1.29 is 14.3 Å². The number of carbonyl (C=O) groups excluding carboxylic acids is 2. The molecular formula is C19H28ClN3O3. The van der Waals surface area contributed by atoms with Crippen LogP contribution in [0.15, 0.2) is 24.3 Å². The van der Waals surface area contributed by atoms with E-state index in [1.807, 2.05) is 18.2 Å². The Labute approximate surface area is 160 Å². The molecule has 0 aromatic heterocycles. The van der Waals surface area contributed by atoms with E-state index in [0.29, 0.717) is 18.7 Å². The quantitative estimate of drug-likeness (QED) is 0.699. The van der Waals surface area contributed by atoms with Gasteiger partial charge < -0.3 is 20.7 Å². The van der Waals surface area contributed by atoms with Crippen LogP contribution in [-0.4, -0.2) is 44.2 Å². The van der Waals surface area contributed by atoms with Crippen LogP contribution in [0.2, 0.25) is 0 Å². The number of carbonyl (C=O) groups is 2. The molecule has 2 fully saturated rings. The van der Waals surface area contributed by atoms with Crippen LogP contribution in [0.5, 0.6) is 0 Å². The van der Waals surface area contributed by atoms with Gasteiger partial charge in [-0.2, -0.15) is 0 Å². The van der Waals surface area contributed by atoms with Gasteiger partial charge in [-0.25, -0.2) is 0 Å². The number of nitrogens with one attached hydrogen (secondary N) is 3. The lowest BCUT2D eigenvalue weighted by Gasteiger charge is -2.21. The number of rotatable bonds is 6. The Bertz CT molecular complexity index is 599. The Balaban J connectivity index is 0.00000243. The van der Waals surface area contributed by atoms with Gasteiger partial charge in [0.15, 0.2) is 0 Å². The summed E-state index contributed by atoms with van der Waals surface area (Å²) in [5, 5.41) is 9.18. The maximum atomic E-state index is 12.3.